The number of alkyl halides is 2. The van der Waals surface area contributed by atoms with E-state index < -0.39 is 35.8 Å². The minimum Gasteiger partial charge on any atom is -0.453 e. The Morgan fingerprint density at radius 2 is 1.87 bits per heavy atom. The van der Waals surface area contributed by atoms with Crippen molar-refractivity contribution in [2.45, 2.75) is 20.1 Å². The van der Waals surface area contributed by atoms with Crippen LogP contribution in [-0.4, -0.2) is 29.6 Å². The van der Waals surface area contributed by atoms with Crippen LogP contribution in [0.25, 0.3) is 16.9 Å². The van der Waals surface area contributed by atoms with Crippen LogP contribution >= 0.6 is 0 Å². The maximum absolute atomic E-state index is 14.3. The molecule has 2 aromatic carbocycles. The van der Waals surface area contributed by atoms with E-state index in [0.717, 1.165) is 15.8 Å². The van der Waals surface area contributed by atoms with Gasteiger partial charge in [0.15, 0.2) is 11.6 Å². The van der Waals surface area contributed by atoms with Crippen molar-refractivity contribution in [2.24, 2.45) is 0 Å². The number of hydrogen-bond acceptors (Lipinski definition) is 4. The molecule has 0 saturated heterocycles. The van der Waals surface area contributed by atoms with Crippen LogP contribution in [0.3, 0.4) is 0 Å². The average molecular weight is 423 g/mol. The van der Waals surface area contributed by atoms with E-state index in [1.54, 1.807) is 18.2 Å². The molecular weight excluding hydrogens is 406 g/mol. The third-order valence-corrected chi connectivity index (χ3v) is 4.29. The number of carbonyl (C=O) groups is 1. The predicted octanol–water partition coefficient (Wildman–Crippen LogP) is 4.58. The Hall–Kier alpha value is -3.56. The number of halogens is 4. The molecular formula is C20H17F4N3O3. The van der Waals surface area contributed by atoms with Crippen molar-refractivity contribution < 1.29 is 31.8 Å². The lowest BCUT2D eigenvalue weighted by molar-refractivity contribution is -0.0501. The highest BCUT2D eigenvalue weighted by molar-refractivity contribution is 5.67. The van der Waals surface area contributed by atoms with Crippen LogP contribution in [0.1, 0.15) is 11.1 Å². The highest BCUT2D eigenvalue weighted by atomic mass is 19.3. The standard InChI is InChI=1S/C20H17F4N3O3/c1-11-3-4-12(7-13(11)10-25-20(28)29-2)17-5-6-27(26-17)18-15(21)8-14(9-16(18)22)30-19(23)24/h3-9,19H,10H2,1-2H3,(H,25,28). The van der Waals surface area contributed by atoms with Gasteiger partial charge in [-0.25, -0.2) is 18.3 Å². The minimum atomic E-state index is -3.20. The zero-order valence-corrected chi connectivity index (χ0v) is 16.0. The summed E-state index contributed by atoms with van der Waals surface area (Å²) in [6.45, 7) is -1.11. The lowest BCUT2D eigenvalue weighted by Gasteiger charge is -2.10. The van der Waals surface area contributed by atoms with Gasteiger partial charge in [0.25, 0.3) is 0 Å². The number of aryl methyl sites for hydroxylation is 1. The summed E-state index contributed by atoms with van der Waals surface area (Å²) in [5.41, 5.74) is 2.27. The number of carbonyl (C=O) groups excluding carboxylic acids is 1. The van der Waals surface area contributed by atoms with Gasteiger partial charge in [-0.1, -0.05) is 12.1 Å². The summed E-state index contributed by atoms with van der Waals surface area (Å²) in [7, 11) is 1.26. The van der Waals surface area contributed by atoms with Gasteiger partial charge in [0, 0.05) is 30.4 Å². The second-order valence-corrected chi connectivity index (χ2v) is 6.25. The molecule has 6 nitrogen and oxygen atoms in total. The van der Waals surface area contributed by atoms with Crippen molar-refractivity contribution in [1.29, 1.82) is 0 Å². The highest BCUT2D eigenvalue weighted by Gasteiger charge is 2.17. The summed E-state index contributed by atoms with van der Waals surface area (Å²) < 4.78 is 62.7. The number of benzene rings is 2. The molecule has 0 fully saturated rings. The zero-order valence-electron chi connectivity index (χ0n) is 16.0. The molecule has 3 aromatic rings. The van der Waals surface area contributed by atoms with Gasteiger partial charge in [-0.2, -0.15) is 13.9 Å². The van der Waals surface area contributed by atoms with Crippen molar-refractivity contribution >= 4 is 6.09 Å². The minimum absolute atomic E-state index is 0.224. The molecule has 3 rings (SSSR count). The first-order valence-electron chi connectivity index (χ1n) is 8.70. The number of amides is 1. The van der Waals surface area contributed by atoms with Crippen molar-refractivity contribution in [1.82, 2.24) is 15.1 Å². The predicted molar refractivity (Wildman–Crippen MR) is 99.5 cm³/mol. The van der Waals surface area contributed by atoms with Crippen molar-refractivity contribution in [3.05, 3.63) is 65.4 Å². The molecule has 1 aromatic heterocycles. The van der Waals surface area contributed by atoms with Crippen LogP contribution in [0.4, 0.5) is 22.4 Å². The van der Waals surface area contributed by atoms with E-state index in [0.29, 0.717) is 23.4 Å². The number of aromatic nitrogens is 2. The molecule has 1 N–H and O–H groups in total. The van der Waals surface area contributed by atoms with Gasteiger partial charge >= 0.3 is 12.7 Å². The number of methoxy groups -OCH3 is 1. The first kappa shape index (κ1) is 21.2. The van der Waals surface area contributed by atoms with E-state index in [9.17, 15) is 22.4 Å². The van der Waals surface area contributed by atoms with Crippen molar-refractivity contribution in [3.63, 3.8) is 0 Å². The molecule has 158 valence electrons. The number of nitrogens with zero attached hydrogens (tertiary/aromatic N) is 2. The van der Waals surface area contributed by atoms with Crippen molar-refractivity contribution in [3.8, 4) is 22.7 Å². The molecule has 0 atom stereocenters. The van der Waals surface area contributed by atoms with Gasteiger partial charge in [-0.3, -0.25) is 0 Å². The Morgan fingerprint density at radius 1 is 1.17 bits per heavy atom. The number of nitrogens with one attached hydrogen (secondary N) is 1. The Kier molecular flexibility index (Phi) is 6.24. The van der Waals surface area contributed by atoms with Gasteiger partial charge in [-0.15, -0.1) is 0 Å². The fourth-order valence-electron chi connectivity index (χ4n) is 2.80. The van der Waals surface area contributed by atoms with Crippen molar-refractivity contribution in [2.75, 3.05) is 7.11 Å². The van der Waals surface area contributed by atoms with Gasteiger partial charge < -0.3 is 14.8 Å². The van der Waals surface area contributed by atoms with Gasteiger partial charge in [-0.05, 0) is 30.2 Å². The molecule has 0 aliphatic rings. The molecule has 0 aliphatic heterocycles. The maximum Gasteiger partial charge on any atom is 0.407 e. The van der Waals surface area contributed by atoms with Gasteiger partial charge in [0.1, 0.15) is 11.4 Å². The maximum atomic E-state index is 14.3. The van der Waals surface area contributed by atoms with Gasteiger partial charge in [0.05, 0.1) is 12.8 Å². The van der Waals surface area contributed by atoms with Crippen LogP contribution in [0.2, 0.25) is 0 Å². The molecule has 0 spiro atoms. The summed E-state index contributed by atoms with van der Waals surface area (Å²) in [5.74, 6) is -2.84. The van der Waals surface area contributed by atoms with E-state index in [4.69, 9.17) is 0 Å². The average Bonchev–Trinajstić information content (AvgIpc) is 3.15. The second-order valence-electron chi connectivity index (χ2n) is 6.25. The van der Waals surface area contributed by atoms with Crippen LogP contribution in [0.15, 0.2) is 42.6 Å². The first-order valence-corrected chi connectivity index (χ1v) is 8.70. The fraction of sp³-hybridized carbons (Fsp3) is 0.200. The Balaban J connectivity index is 1.89. The van der Waals surface area contributed by atoms with E-state index >= 15 is 0 Å². The number of rotatable bonds is 6. The molecule has 0 bridgehead atoms. The summed E-state index contributed by atoms with van der Waals surface area (Å²) >= 11 is 0. The first-order chi connectivity index (χ1) is 14.3. The van der Waals surface area contributed by atoms with E-state index in [1.165, 1.54) is 13.3 Å². The SMILES string of the molecule is COC(=O)NCc1cc(-c2ccn(-c3c(F)cc(OC(F)F)cc3F)n2)ccc1C. The van der Waals surface area contributed by atoms with E-state index in [1.807, 2.05) is 13.0 Å². The molecule has 0 unspecified atom stereocenters. The number of hydrogen-bond donors (Lipinski definition) is 1. The summed E-state index contributed by atoms with van der Waals surface area (Å²) in [6, 6.07) is 8.24. The molecule has 1 amide bonds. The quantitative estimate of drug-likeness (QED) is 0.590. The van der Waals surface area contributed by atoms with E-state index in [-0.39, 0.29) is 6.54 Å². The van der Waals surface area contributed by atoms with Crippen LogP contribution in [0.5, 0.6) is 5.75 Å². The lowest BCUT2D eigenvalue weighted by Crippen LogP contribution is -2.22. The molecule has 10 heteroatoms. The molecule has 0 radical (unpaired) electrons. The molecule has 30 heavy (non-hydrogen) atoms. The number of alkyl carbamates (subject to hydrolysis) is 1. The van der Waals surface area contributed by atoms with Crippen LogP contribution in [-0.2, 0) is 11.3 Å². The monoisotopic (exact) mass is 423 g/mol. The Bertz CT molecular complexity index is 1050. The molecule has 0 saturated carbocycles. The van der Waals surface area contributed by atoms with E-state index in [2.05, 4.69) is 19.9 Å². The third-order valence-electron chi connectivity index (χ3n) is 4.29. The molecule has 1 heterocycles. The molecule has 0 aliphatic carbocycles. The van der Waals surface area contributed by atoms with Crippen LogP contribution < -0.4 is 10.1 Å². The largest absolute Gasteiger partial charge is 0.453 e. The lowest BCUT2D eigenvalue weighted by atomic mass is 10.0. The third kappa shape index (κ3) is 4.70. The van der Waals surface area contributed by atoms with Crippen LogP contribution in [0, 0.1) is 18.6 Å². The smallest absolute Gasteiger partial charge is 0.407 e. The van der Waals surface area contributed by atoms with Gasteiger partial charge in [0.2, 0.25) is 0 Å². The normalized spacial score (nSPS) is 10.9. The highest BCUT2D eigenvalue weighted by Crippen LogP contribution is 2.27. The topological polar surface area (TPSA) is 65.4 Å². The summed E-state index contributed by atoms with van der Waals surface area (Å²) in [6.07, 6.45) is 0.769. The number of ether oxygens (including phenoxy) is 2. The summed E-state index contributed by atoms with van der Waals surface area (Å²) in [4.78, 5) is 11.3. The zero-order chi connectivity index (χ0) is 21.8. The Morgan fingerprint density at radius 3 is 2.50 bits per heavy atom. The fourth-order valence-corrected chi connectivity index (χ4v) is 2.80. The summed E-state index contributed by atoms with van der Waals surface area (Å²) in [5, 5.41) is 6.76. The Labute approximate surface area is 169 Å². The second kappa shape index (κ2) is 8.85.